The predicted octanol–water partition coefficient (Wildman–Crippen LogP) is 0.0439. The van der Waals surface area contributed by atoms with Gasteiger partial charge in [-0.05, 0) is 24.1 Å². The Hall–Kier alpha value is -4.57. The van der Waals surface area contributed by atoms with Gasteiger partial charge >= 0.3 is 17.8 Å². The van der Waals surface area contributed by atoms with Gasteiger partial charge < -0.3 is 29.8 Å². The maximum Gasteiger partial charge on any atom is 0.412 e. The highest BCUT2D eigenvalue weighted by atomic mass is 16.6. The predicted molar refractivity (Wildman–Crippen MR) is 143 cm³/mol. The summed E-state index contributed by atoms with van der Waals surface area (Å²) in [5.41, 5.74) is -0.738. The number of benzene rings is 1. The molecule has 0 saturated carbocycles. The minimum atomic E-state index is -1.70. The van der Waals surface area contributed by atoms with Crippen LogP contribution in [0.2, 0.25) is 0 Å². The highest BCUT2D eigenvalue weighted by molar-refractivity contribution is 5.86. The molecular weight excluding hydrogens is 540 g/mol. The minimum absolute atomic E-state index is 0.0322. The number of fused-ring (bicyclic) bond motifs is 1. The van der Waals surface area contributed by atoms with Crippen LogP contribution in [0.4, 0.5) is 10.6 Å². The molecule has 7 N–H and O–H groups in total. The van der Waals surface area contributed by atoms with Gasteiger partial charge in [-0.1, -0.05) is 24.8 Å². The first-order valence-corrected chi connectivity index (χ1v) is 12.6. The number of aryl methyl sites for hydroxylation is 1. The third-order valence-corrected chi connectivity index (χ3v) is 6.84. The van der Waals surface area contributed by atoms with Crippen molar-refractivity contribution in [3.05, 3.63) is 70.9 Å². The Morgan fingerprint density at radius 2 is 2.10 bits per heavy atom. The van der Waals surface area contributed by atoms with Crippen molar-refractivity contribution in [3.63, 3.8) is 0 Å². The molecule has 4 rings (SSSR count). The Labute approximate surface area is 232 Å². The number of aromatic amines is 1. The molecule has 1 aliphatic heterocycles. The lowest BCUT2D eigenvalue weighted by atomic mass is 10.0. The van der Waals surface area contributed by atoms with Crippen molar-refractivity contribution in [3.8, 4) is 0 Å². The number of hydrazine groups is 1. The third-order valence-electron chi connectivity index (χ3n) is 6.84. The second-order valence-electron chi connectivity index (χ2n) is 9.32. The number of nitrogens with one attached hydrogen (secondary N) is 2. The van der Waals surface area contributed by atoms with E-state index in [9.17, 15) is 34.5 Å². The number of hydrogen-bond acceptors (Lipinski definition) is 10. The van der Waals surface area contributed by atoms with E-state index in [-0.39, 0.29) is 30.8 Å². The number of aliphatic hydroxyl groups is 2. The van der Waals surface area contributed by atoms with Crippen molar-refractivity contribution in [1.82, 2.24) is 19.5 Å². The van der Waals surface area contributed by atoms with E-state index in [1.165, 1.54) is 12.3 Å². The van der Waals surface area contributed by atoms with Gasteiger partial charge in [-0.2, -0.15) is 4.98 Å². The zero-order chi connectivity index (χ0) is 29.7. The van der Waals surface area contributed by atoms with Crippen LogP contribution < -0.4 is 16.8 Å². The molecule has 15 nitrogen and oxygen atoms in total. The second kappa shape index (κ2) is 12.3. The number of aliphatic carboxylic acids is 1. The summed E-state index contributed by atoms with van der Waals surface area (Å²) in [5, 5.41) is 33.1. The van der Waals surface area contributed by atoms with Gasteiger partial charge in [-0.3, -0.25) is 19.7 Å². The van der Waals surface area contributed by atoms with Gasteiger partial charge in [-0.15, -0.1) is 0 Å². The summed E-state index contributed by atoms with van der Waals surface area (Å²) >= 11 is 0. The van der Waals surface area contributed by atoms with Crippen LogP contribution in [-0.2, 0) is 31.2 Å². The molecule has 3 heterocycles. The third kappa shape index (κ3) is 6.12. The standard InChI is InChI=1S/C26H30N6O9/c1-15-20(34)13-41-26(15,14-33)31-10-8-21(29-24(31)38)30-25(39)40-11-9-19(23(36)37)32(27)22(35)7-6-16-12-28-18-5-3-2-4-17(16)18/h2-5,8,10,12,19-20,28,33-34H,1,6-7,9,11,13-14,27H2,(H,36,37)(H,29,30,38,39)/t19-,20+,26+/m1/s1. The fourth-order valence-electron chi connectivity index (χ4n) is 4.53. The highest BCUT2D eigenvalue weighted by Crippen LogP contribution is 2.34. The molecule has 1 aliphatic rings. The number of nitrogens with two attached hydrogens (primary N) is 1. The number of carbonyl (C=O) groups is 3. The molecule has 2 aromatic heterocycles. The zero-order valence-corrected chi connectivity index (χ0v) is 21.9. The van der Waals surface area contributed by atoms with Crippen LogP contribution in [0.15, 0.2) is 59.7 Å². The smallest absolute Gasteiger partial charge is 0.412 e. The van der Waals surface area contributed by atoms with E-state index < -0.39 is 54.7 Å². The highest BCUT2D eigenvalue weighted by Gasteiger charge is 2.46. The van der Waals surface area contributed by atoms with E-state index in [4.69, 9.17) is 15.3 Å². The Bertz CT molecular complexity index is 1520. The first kappa shape index (κ1) is 29.4. The van der Waals surface area contributed by atoms with Gasteiger partial charge in [-0.25, -0.2) is 20.2 Å². The number of para-hydroxylation sites is 1. The first-order chi connectivity index (χ1) is 19.6. The maximum absolute atomic E-state index is 12.6. The van der Waals surface area contributed by atoms with Crippen LogP contribution in [0.1, 0.15) is 18.4 Å². The number of anilines is 1. The molecule has 3 atom stereocenters. The Kier molecular flexibility index (Phi) is 8.83. The van der Waals surface area contributed by atoms with E-state index >= 15 is 0 Å². The van der Waals surface area contributed by atoms with Crippen molar-refractivity contribution in [2.45, 2.75) is 37.1 Å². The largest absolute Gasteiger partial charge is 0.480 e. The van der Waals surface area contributed by atoms with Crippen LogP contribution in [-0.4, -0.2) is 84.8 Å². The van der Waals surface area contributed by atoms with Crippen molar-refractivity contribution < 1.29 is 39.2 Å². The van der Waals surface area contributed by atoms with Gasteiger partial charge in [0.25, 0.3) is 0 Å². The van der Waals surface area contributed by atoms with E-state index in [1.807, 2.05) is 24.3 Å². The number of aromatic nitrogens is 3. The molecule has 41 heavy (non-hydrogen) atoms. The number of hydrogen-bond donors (Lipinski definition) is 6. The number of H-pyrrole nitrogens is 1. The summed E-state index contributed by atoms with van der Waals surface area (Å²) in [6, 6.07) is 7.34. The van der Waals surface area contributed by atoms with Gasteiger partial charge in [0.15, 0.2) is 5.72 Å². The lowest BCUT2D eigenvalue weighted by molar-refractivity contribution is -0.151. The van der Waals surface area contributed by atoms with Crippen LogP contribution in [0.3, 0.4) is 0 Å². The molecule has 1 saturated heterocycles. The number of nitrogens with zero attached hydrogens (tertiary/aromatic N) is 3. The SMILES string of the molecule is C=C1[C@@H](O)CO[C@]1(CO)n1ccc(NC(=O)OCC[C@H](C(=O)O)N(N)C(=O)CCc2c[nH]c3ccccc23)nc1=O. The Morgan fingerprint density at radius 1 is 1.34 bits per heavy atom. The van der Waals surface area contributed by atoms with Crippen molar-refractivity contribution >= 4 is 34.7 Å². The molecule has 0 unspecified atom stereocenters. The number of rotatable bonds is 11. The fourth-order valence-corrected chi connectivity index (χ4v) is 4.53. The van der Waals surface area contributed by atoms with E-state index in [0.29, 0.717) is 11.4 Å². The van der Waals surface area contributed by atoms with E-state index in [0.717, 1.165) is 21.0 Å². The summed E-state index contributed by atoms with van der Waals surface area (Å²) in [6.07, 6.45) is 0.860. The van der Waals surface area contributed by atoms with Crippen LogP contribution in [0.25, 0.3) is 10.9 Å². The molecule has 0 aliphatic carbocycles. The second-order valence-corrected chi connectivity index (χ2v) is 9.32. The molecule has 15 heteroatoms. The molecule has 2 amide bonds. The summed E-state index contributed by atoms with van der Waals surface area (Å²) in [7, 11) is 0. The quantitative estimate of drug-likeness (QED) is 0.0781. The molecule has 0 spiro atoms. The van der Waals surface area contributed by atoms with Crippen LogP contribution in [0, 0.1) is 0 Å². The lowest BCUT2D eigenvalue weighted by Crippen LogP contribution is -2.50. The minimum Gasteiger partial charge on any atom is -0.480 e. The van der Waals surface area contributed by atoms with E-state index in [2.05, 4.69) is 21.9 Å². The summed E-state index contributed by atoms with van der Waals surface area (Å²) < 4.78 is 11.3. The van der Waals surface area contributed by atoms with Gasteiger partial charge in [0.05, 0.1) is 19.8 Å². The number of carbonyl (C=O) groups excluding carboxylic acids is 2. The van der Waals surface area contributed by atoms with Crippen LogP contribution >= 0.6 is 0 Å². The number of carboxylic acids is 1. The summed E-state index contributed by atoms with van der Waals surface area (Å²) in [4.78, 5) is 56.0. The average Bonchev–Trinajstić information content (AvgIpc) is 3.50. The van der Waals surface area contributed by atoms with Crippen LogP contribution in [0.5, 0.6) is 0 Å². The average molecular weight is 571 g/mol. The number of ether oxygens (including phenoxy) is 2. The lowest BCUT2D eigenvalue weighted by Gasteiger charge is -2.29. The number of aliphatic hydroxyl groups excluding tert-OH is 2. The van der Waals surface area contributed by atoms with E-state index in [1.54, 1.807) is 6.20 Å². The number of amides is 2. The molecule has 1 aromatic carbocycles. The van der Waals surface area contributed by atoms with Crippen molar-refractivity contribution in [2.75, 3.05) is 25.1 Å². The first-order valence-electron chi connectivity index (χ1n) is 12.6. The van der Waals surface area contributed by atoms with Gasteiger partial charge in [0, 0.05) is 41.7 Å². The molecule has 1 fully saturated rings. The molecule has 0 radical (unpaired) electrons. The topological polar surface area (TPSA) is 222 Å². The molecule has 218 valence electrons. The Morgan fingerprint density at radius 3 is 2.76 bits per heavy atom. The van der Waals surface area contributed by atoms with Crippen molar-refractivity contribution in [2.24, 2.45) is 5.84 Å². The summed E-state index contributed by atoms with van der Waals surface area (Å²) in [5.74, 6) is 3.65. The molecule has 3 aromatic rings. The summed E-state index contributed by atoms with van der Waals surface area (Å²) in [6.45, 7) is 2.40. The molecule has 0 bridgehead atoms. The maximum atomic E-state index is 12.6. The van der Waals surface area contributed by atoms with Gasteiger partial charge in [0.1, 0.15) is 18.0 Å². The van der Waals surface area contributed by atoms with Gasteiger partial charge in [0.2, 0.25) is 5.91 Å². The molecular formula is C26H30N6O9. The zero-order valence-electron chi connectivity index (χ0n) is 21.9. The Balaban J connectivity index is 1.29. The normalized spacial score (nSPS) is 19.2. The monoisotopic (exact) mass is 570 g/mol. The number of carboxylic acid groups (broad SMARTS) is 1. The fraction of sp³-hybridized carbons (Fsp3) is 0.346. The van der Waals surface area contributed by atoms with Crippen molar-refractivity contribution in [1.29, 1.82) is 0 Å².